The van der Waals surface area contributed by atoms with Crippen molar-refractivity contribution in [2.24, 2.45) is 5.16 Å². The number of rotatable bonds is 1. The number of fused-ring (bicyclic) bond motifs is 3. The molecular weight excluding hydrogens is 214 g/mol. The van der Waals surface area contributed by atoms with E-state index in [-0.39, 0.29) is 5.60 Å². The number of hydrogen-bond acceptors (Lipinski definition) is 4. The first-order chi connectivity index (χ1) is 8.36. The number of nitrogens with one attached hydrogen (secondary N) is 1. The standard InChI is InChI=1S/C13H15N3O/c1-2-12-13(7-10(1)15-12)8-11(16-17-13)9-3-5-14-6-4-9/h3-6,10,12,15H,1-2,7-8H2. The van der Waals surface area contributed by atoms with E-state index in [1.807, 2.05) is 24.5 Å². The Labute approximate surface area is 100 Å². The third-order valence-corrected chi connectivity index (χ3v) is 4.29. The van der Waals surface area contributed by atoms with E-state index in [0.29, 0.717) is 12.1 Å². The summed E-state index contributed by atoms with van der Waals surface area (Å²) in [6.07, 6.45) is 8.18. The summed E-state index contributed by atoms with van der Waals surface area (Å²) >= 11 is 0. The fourth-order valence-electron chi connectivity index (χ4n) is 3.44. The van der Waals surface area contributed by atoms with Crippen LogP contribution in [0, 0.1) is 0 Å². The Morgan fingerprint density at radius 2 is 2.18 bits per heavy atom. The summed E-state index contributed by atoms with van der Waals surface area (Å²) in [6, 6.07) is 5.14. The SMILES string of the molecule is c1cc(C2=NOC3(C2)CC2CCC3N2)ccn1. The molecule has 3 aliphatic rings. The Morgan fingerprint density at radius 3 is 2.88 bits per heavy atom. The van der Waals surface area contributed by atoms with Crippen molar-refractivity contribution in [3.8, 4) is 0 Å². The lowest BCUT2D eigenvalue weighted by molar-refractivity contribution is -0.0358. The van der Waals surface area contributed by atoms with Crippen LogP contribution in [0.3, 0.4) is 0 Å². The average molecular weight is 229 g/mol. The molecule has 1 spiro atoms. The number of hydrogen-bond donors (Lipinski definition) is 1. The second kappa shape index (κ2) is 3.29. The van der Waals surface area contributed by atoms with Gasteiger partial charge in [-0.2, -0.15) is 0 Å². The van der Waals surface area contributed by atoms with Crippen molar-refractivity contribution in [3.63, 3.8) is 0 Å². The quantitative estimate of drug-likeness (QED) is 0.793. The van der Waals surface area contributed by atoms with Gasteiger partial charge in [0.15, 0.2) is 5.60 Å². The molecule has 0 saturated carbocycles. The summed E-state index contributed by atoms with van der Waals surface area (Å²) < 4.78 is 0. The molecule has 0 radical (unpaired) electrons. The molecule has 2 fully saturated rings. The van der Waals surface area contributed by atoms with E-state index < -0.39 is 0 Å². The van der Waals surface area contributed by atoms with Crippen LogP contribution in [0.1, 0.15) is 31.2 Å². The van der Waals surface area contributed by atoms with E-state index in [4.69, 9.17) is 4.84 Å². The molecule has 4 nitrogen and oxygen atoms in total. The van der Waals surface area contributed by atoms with Gasteiger partial charge in [-0.15, -0.1) is 0 Å². The molecule has 1 N–H and O–H groups in total. The normalized spacial score (nSPS) is 38.5. The zero-order chi connectivity index (χ0) is 11.3. The fraction of sp³-hybridized carbons (Fsp3) is 0.538. The summed E-state index contributed by atoms with van der Waals surface area (Å²) in [7, 11) is 0. The number of oxime groups is 1. The van der Waals surface area contributed by atoms with E-state index in [1.165, 1.54) is 12.8 Å². The van der Waals surface area contributed by atoms with Crippen molar-refractivity contribution >= 4 is 5.71 Å². The molecule has 4 heteroatoms. The second-order valence-electron chi connectivity index (χ2n) is 5.30. The monoisotopic (exact) mass is 229 g/mol. The highest BCUT2D eigenvalue weighted by atomic mass is 16.7. The lowest BCUT2D eigenvalue weighted by Crippen LogP contribution is -2.42. The van der Waals surface area contributed by atoms with Crippen LogP contribution in [0.4, 0.5) is 0 Å². The van der Waals surface area contributed by atoms with E-state index in [2.05, 4.69) is 15.5 Å². The largest absolute Gasteiger partial charge is 0.387 e. The van der Waals surface area contributed by atoms with Gasteiger partial charge >= 0.3 is 0 Å². The fourth-order valence-corrected chi connectivity index (χ4v) is 3.44. The molecule has 2 saturated heterocycles. The van der Waals surface area contributed by atoms with Crippen LogP contribution in [0.2, 0.25) is 0 Å². The van der Waals surface area contributed by atoms with Crippen molar-refractivity contribution in [3.05, 3.63) is 30.1 Å². The molecule has 3 unspecified atom stereocenters. The Kier molecular flexibility index (Phi) is 1.86. The van der Waals surface area contributed by atoms with Gasteiger partial charge in [-0.3, -0.25) is 4.98 Å². The molecule has 1 aromatic rings. The van der Waals surface area contributed by atoms with Gasteiger partial charge in [0.2, 0.25) is 0 Å². The van der Waals surface area contributed by atoms with Gasteiger partial charge in [0.25, 0.3) is 0 Å². The van der Waals surface area contributed by atoms with Gasteiger partial charge in [0, 0.05) is 36.8 Å². The third kappa shape index (κ3) is 1.33. The predicted octanol–water partition coefficient (Wildman–Crippen LogP) is 1.47. The Morgan fingerprint density at radius 1 is 1.29 bits per heavy atom. The van der Waals surface area contributed by atoms with Gasteiger partial charge in [0.1, 0.15) is 0 Å². The second-order valence-corrected chi connectivity index (χ2v) is 5.30. The molecule has 17 heavy (non-hydrogen) atoms. The maximum absolute atomic E-state index is 5.81. The first-order valence-corrected chi connectivity index (χ1v) is 6.27. The first-order valence-electron chi connectivity index (χ1n) is 6.27. The topological polar surface area (TPSA) is 46.5 Å². The smallest absolute Gasteiger partial charge is 0.160 e. The minimum absolute atomic E-state index is 0.0540. The maximum atomic E-state index is 5.81. The molecule has 0 aromatic carbocycles. The number of nitrogens with zero attached hydrogens (tertiary/aromatic N) is 2. The third-order valence-electron chi connectivity index (χ3n) is 4.29. The van der Waals surface area contributed by atoms with Crippen molar-refractivity contribution in [1.29, 1.82) is 0 Å². The van der Waals surface area contributed by atoms with Crippen molar-refractivity contribution in [2.75, 3.05) is 0 Å². The van der Waals surface area contributed by atoms with Crippen LogP contribution in [-0.4, -0.2) is 28.4 Å². The molecule has 0 amide bonds. The summed E-state index contributed by atoms with van der Waals surface area (Å²) in [5, 5.41) is 7.93. The van der Waals surface area contributed by atoms with Gasteiger partial charge in [-0.1, -0.05) is 5.16 Å². The van der Waals surface area contributed by atoms with Crippen molar-refractivity contribution in [2.45, 2.75) is 43.4 Å². The number of aromatic nitrogens is 1. The molecule has 4 heterocycles. The Hall–Kier alpha value is -1.42. The van der Waals surface area contributed by atoms with Gasteiger partial charge < -0.3 is 10.2 Å². The van der Waals surface area contributed by atoms with Crippen LogP contribution in [0.25, 0.3) is 0 Å². The average Bonchev–Trinajstić information content (AvgIpc) is 3.06. The molecule has 4 rings (SSSR count). The van der Waals surface area contributed by atoms with Crippen molar-refractivity contribution in [1.82, 2.24) is 10.3 Å². The number of pyridine rings is 1. The maximum Gasteiger partial charge on any atom is 0.160 e. The van der Waals surface area contributed by atoms with Crippen LogP contribution in [0.15, 0.2) is 29.7 Å². The minimum atomic E-state index is -0.0540. The first kappa shape index (κ1) is 9.59. The highest BCUT2D eigenvalue weighted by molar-refractivity contribution is 6.01. The van der Waals surface area contributed by atoms with Crippen LogP contribution >= 0.6 is 0 Å². The van der Waals surface area contributed by atoms with E-state index in [9.17, 15) is 0 Å². The van der Waals surface area contributed by atoms with E-state index >= 15 is 0 Å². The van der Waals surface area contributed by atoms with Crippen LogP contribution < -0.4 is 5.32 Å². The Balaban J connectivity index is 1.60. The zero-order valence-electron chi connectivity index (χ0n) is 9.60. The highest BCUT2D eigenvalue weighted by Gasteiger charge is 2.56. The lowest BCUT2D eigenvalue weighted by Gasteiger charge is -2.29. The van der Waals surface area contributed by atoms with E-state index in [1.54, 1.807) is 0 Å². The molecule has 1 aromatic heterocycles. The van der Waals surface area contributed by atoms with E-state index in [0.717, 1.165) is 24.1 Å². The predicted molar refractivity (Wildman–Crippen MR) is 63.8 cm³/mol. The summed E-state index contributed by atoms with van der Waals surface area (Å²) in [6.45, 7) is 0. The van der Waals surface area contributed by atoms with Gasteiger partial charge in [-0.05, 0) is 25.0 Å². The van der Waals surface area contributed by atoms with Gasteiger partial charge in [-0.25, -0.2) is 0 Å². The Bertz CT molecular complexity index is 473. The van der Waals surface area contributed by atoms with Crippen molar-refractivity contribution < 1.29 is 4.84 Å². The highest BCUT2D eigenvalue weighted by Crippen LogP contribution is 2.44. The minimum Gasteiger partial charge on any atom is -0.387 e. The summed E-state index contributed by atoms with van der Waals surface area (Å²) in [5.74, 6) is 0. The van der Waals surface area contributed by atoms with Crippen LogP contribution in [-0.2, 0) is 4.84 Å². The summed E-state index contributed by atoms with van der Waals surface area (Å²) in [5.41, 5.74) is 2.16. The molecular formula is C13H15N3O. The summed E-state index contributed by atoms with van der Waals surface area (Å²) in [4.78, 5) is 9.84. The van der Waals surface area contributed by atoms with Gasteiger partial charge in [0.05, 0.1) is 11.8 Å². The lowest BCUT2D eigenvalue weighted by atomic mass is 9.80. The molecule has 2 bridgehead atoms. The molecule has 88 valence electrons. The van der Waals surface area contributed by atoms with Crippen LogP contribution in [0.5, 0.6) is 0 Å². The zero-order valence-corrected chi connectivity index (χ0v) is 9.60. The molecule has 3 atom stereocenters. The molecule has 0 aliphatic carbocycles. The molecule has 3 aliphatic heterocycles.